The number of aryl methyl sites for hydroxylation is 1. The second kappa shape index (κ2) is 7.64. The highest BCUT2D eigenvalue weighted by molar-refractivity contribution is 7.15. The number of benzene rings is 1. The molecule has 30 heavy (non-hydrogen) atoms. The molecule has 0 aliphatic carbocycles. The second-order valence-electron chi connectivity index (χ2n) is 6.38. The van der Waals surface area contributed by atoms with Gasteiger partial charge in [0.15, 0.2) is 11.6 Å². The smallest absolute Gasteiger partial charge is 0.302 e. The monoisotopic (exact) mass is 426 g/mol. The quantitative estimate of drug-likeness (QED) is 0.388. The number of carbonyl (C=O) groups excluding carboxylic acids is 2. The van der Waals surface area contributed by atoms with Crippen molar-refractivity contribution >= 4 is 33.9 Å². The number of hydrogen-bond acceptors (Lipinski definition) is 8. The summed E-state index contributed by atoms with van der Waals surface area (Å²) >= 11 is 1.13. The number of anilines is 1. The number of methoxy groups -OCH3 is 1. The van der Waals surface area contributed by atoms with Crippen LogP contribution in [0.1, 0.15) is 22.3 Å². The van der Waals surface area contributed by atoms with Gasteiger partial charge in [0.05, 0.1) is 18.4 Å². The van der Waals surface area contributed by atoms with Crippen LogP contribution >= 0.6 is 11.3 Å². The molecule has 152 valence electrons. The molecule has 1 aliphatic rings. The van der Waals surface area contributed by atoms with Gasteiger partial charge in [-0.3, -0.25) is 19.5 Å². The molecule has 0 unspecified atom stereocenters. The number of amides is 1. The summed E-state index contributed by atoms with van der Waals surface area (Å²) in [5.74, 6) is -3.05. The number of ether oxygens (including phenoxy) is 1. The maximum absolute atomic E-state index is 14.2. The van der Waals surface area contributed by atoms with Crippen molar-refractivity contribution < 1.29 is 23.8 Å². The number of halogens is 1. The minimum Gasteiger partial charge on any atom is -0.507 e. The predicted molar refractivity (Wildman–Crippen MR) is 107 cm³/mol. The van der Waals surface area contributed by atoms with E-state index in [4.69, 9.17) is 4.74 Å². The Balaban J connectivity index is 1.92. The third-order valence-electron chi connectivity index (χ3n) is 4.56. The minimum absolute atomic E-state index is 0.0161. The molecule has 1 atom stereocenters. The molecule has 0 spiro atoms. The molecule has 3 aromatic rings. The Bertz CT molecular complexity index is 1180. The summed E-state index contributed by atoms with van der Waals surface area (Å²) in [6.07, 6.45) is 1.51. The number of carbonyl (C=O) groups is 2. The van der Waals surface area contributed by atoms with E-state index in [1.165, 1.54) is 25.4 Å². The summed E-state index contributed by atoms with van der Waals surface area (Å²) in [5.41, 5.74) is 0.164. The Morgan fingerprint density at radius 2 is 2.03 bits per heavy atom. The summed E-state index contributed by atoms with van der Waals surface area (Å²) in [7, 11) is 1.31. The van der Waals surface area contributed by atoms with Gasteiger partial charge in [0.25, 0.3) is 5.78 Å². The van der Waals surface area contributed by atoms with Gasteiger partial charge < -0.3 is 9.84 Å². The van der Waals surface area contributed by atoms with Crippen LogP contribution in [0.3, 0.4) is 0 Å². The lowest BCUT2D eigenvalue weighted by Crippen LogP contribution is -2.29. The lowest BCUT2D eigenvalue weighted by molar-refractivity contribution is -0.132. The molecule has 4 rings (SSSR count). The molecular formula is C20H15FN4O4S. The van der Waals surface area contributed by atoms with Crippen molar-refractivity contribution in [3.05, 3.63) is 70.3 Å². The van der Waals surface area contributed by atoms with E-state index >= 15 is 0 Å². The third kappa shape index (κ3) is 3.20. The molecule has 2 aromatic heterocycles. The maximum Gasteiger partial charge on any atom is 0.302 e. The number of rotatable bonds is 4. The van der Waals surface area contributed by atoms with Gasteiger partial charge in [-0.2, -0.15) is 0 Å². The van der Waals surface area contributed by atoms with Crippen molar-refractivity contribution in [2.75, 3.05) is 12.0 Å². The fourth-order valence-electron chi connectivity index (χ4n) is 3.20. The molecular weight excluding hydrogens is 411 g/mol. The maximum atomic E-state index is 14.2. The summed E-state index contributed by atoms with van der Waals surface area (Å²) in [5, 5.41) is 19.6. The van der Waals surface area contributed by atoms with Crippen LogP contribution in [0.15, 0.2) is 48.2 Å². The van der Waals surface area contributed by atoms with Crippen molar-refractivity contribution in [2.45, 2.75) is 13.0 Å². The number of aliphatic hydroxyl groups excluding tert-OH is 1. The van der Waals surface area contributed by atoms with Crippen LogP contribution in [-0.2, 0) is 9.59 Å². The molecule has 3 heterocycles. The normalized spacial score (nSPS) is 18.1. The third-order valence-corrected chi connectivity index (χ3v) is 5.40. The SMILES string of the molecule is COc1ccc(/C(O)=C2\C(=O)C(=O)N(c3nnc(C)s3)[C@H]2c2ccccn2)cc1F. The fourth-order valence-corrected chi connectivity index (χ4v) is 3.91. The standard InChI is InChI=1S/C20H15FN4O4S/c1-10-23-24-20(30-10)25-16(13-5-3-4-8-22-13)15(18(27)19(25)28)17(26)11-6-7-14(29-2)12(21)9-11/h3-9,16,26H,1-2H3/b17-15+/t16-/m0/s1. The highest BCUT2D eigenvalue weighted by Gasteiger charge is 2.49. The molecule has 1 aromatic carbocycles. The zero-order valence-electron chi connectivity index (χ0n) is 15.9. The van der Waals surface area contributed by atoms with Crippen LogP contribution < -0.4 is 9.64 Å². The molecule has 0 saturated carbocycles. The van der Waals surface area contributed by atoms with E-state index in [2.05, 4.69) is 15.2 Å². The first kappa shape index (κ1) is 19.6. The molecule has 1 N–H and O–H groups in total. The summed E-state index contributed by atoms with van der Waals surface area (Å²) < 4.78 is 19.1. The van der Waals surface area contributed by atoms with Gasteiger partial charge in [0, 0.05) is 11.8 Å². The molecule has 0 bridgehead atoms. The van der Waals surface area contributed by atoms with Crippen molar-refractivity contribution in [1.29, 1.82) is 0 Å². The molecule has 0 radical (unpaired) electrons. The second-order valence-corrected chi connectivity index (χ2v) is 7.54. The largest absolute Gasteiger partial charge is 0.507 e. The average Bonchev–Trinajstić information content (AvgIpc) is 3.29. The van der Waals surface area contributed by atoms with Crippen LogP contribution in [0.2, 0.25) is 0 Å². The van der Waals surface area contributed by atoms with Gasteiger partial charge in [-0.1, -0.05) is 17.4 Å². The Morgan fingerprint density at radius 3 is 2.63 bits per heavy atom. The highest BCUT2D eigenvalue weighted by Crippen LogP contribution is 2.42. The predicted octanol–water partition coefficient (Wildman–Crippen LogP) is 3.02. The van der Waals surface area contributed by atoms with E-state index in [1.807, 2.05) is 0 Å². The first-order valence-electron chi connectivity index (χ1n) is 8.78. The van der Waals surface area contributed by atoms with Gasteiger partial charge >= 0.3 is 5.91 Å². The van der Waals surface area contributed by atoms with Gasteiger partial charge in [0.1, 0.15) is 16.8 Å². The van der Waals surface area contributed by atoms with E-state index in [0.717, 1.165) is 22.3 Å². The fraction of sp³-hybridized carbons (Fsp3) is 0.150. The van der Waals surface area contributed by atoms with Crippen LogP contribution in [0, 0.1) is 12.7 Å². The highest BCUT2D eigenvalue weighted by atomic mass is 32.1. The van der Waals surface area contributed by atoms with Crippen molar-refractivity contribution in [2.24, 2.45) is 0 Å². The van der Waals surface area contributed by atoms with Crippen molar-refractivity contribution in [3.63, 3.8) is 0 Å². The molecule has 1 aliphatic heterocycles. The first-order chi connectivity index (χ1) is 14.4. The zero-order valence-corrected chi connectivity index (χ0v) is 16.7. The van der Waals surface area contributed by atoms with Crippen LogP contribution in [-0.4, -0.2) is 39.1 Å². The summed E-state index contributed by atoms with van der Waals surface area (Å²) in [4.78, 5) is 31.2. The van der Waals surface area contributed by atoms with Gasteiger partial charge in [0.2, 0.25) is 5.13 Å². The Kier molecular flexibility index (Phi) is 5.00. The Hall–Kier alpha value is -3.66. The number of hydrogen-bond donors (Lipinski definition) is 1. The van der Waals surface area contributed by atoms with Gasteiger partial charge in [-0.05, 0) is 37.3 Å². The van der Waals surface area contributed by atoms with Crippen LogP contribution in [0.5, 0.6) is 5.75 Å². The zero-order chi connectivity index (χ0) is 21.4. The van der Waals surface area contributed by atoms with E-state index in [9.17, 15) is 19.1 Å². The number of nitrogens with zero attached hydrogens (tertiary/aromatic N) is 4. The topological polar surface area (TPSA) is 106 Å². The molecule has 1 fully saturated rings. The Labute approximate surface area is 174 Å². The van der Waals surface area contributed by atoms with E-state index in [0.29, 0.717) is 10.7 Å². The van der Waals surface area contributed by atoms with Gasteiger partial charge in [-0.25, -0.2) is 4.39 Å². The Morgan fingerprint density at radius 1 is 1.23 bits per heavy atom. The number of aromatic nitrogens is 3. The number of ketones is 1. The minimum atomic E-state index is -1.04. The summed E-state index contributed by atoms with van der Waals surface area (Å²) in [6, 6.07) is 7.72. The van der Waals surface area contributed by atoms with Crippen molar-refractivity contribution in [1.82, 2.24) is 15.2 Å². The first-order valence-corrected chi connectivity index (χ1v) is 9.60. The molecule has 8 nitrogen and oxygen atoms in total. The number of pyridine rings is 1. The summed E-state index contributed by atoms with van der Waals surface area (Å²) in [6.45, 7) is 1.72. The number of aliphatic hydroxyl groups is 1. The van der Waals surface area contributed by atoms with Gasteiger partial charge in [-0.15, -0.1) is 10.2 Å². The molecule has 1 amide bonds. The molecule has 1 saturated heterocycles. The van der Waals surface area contributed by atoms with E-state index < -0.39 is 29.3 Å². The molecule has 10 heteroatoms. The number of Topliss-reactive ketones (excluding diaryl/α,β-unsaturated/α-hetero) is 1. The van der Waals surface area contributed by atoms with Crippen LogP contribution in [0.4, 0.5) is 9.52 Å². The average molecular weight is 426 g/mol. The lowest BCUT2D eigenvalue weighted by atomic mass is 9.98. The lowest BCUT2D eigenvalue weighted by Gasteiger charge is -2.21. The van der Waals surface area contributed by atoms with E-state index in [1.54, 1.807) is 25.1 Å². The van der Waals surface area contributed by atoms with E-state index in [-0.39, 0.29) is 22.0 Å². The van der Waals surface area contributed by atoms with Crippen LogP contribution in [0.25, 0.3) is 5.76 Å². The van der Waals surface area contributed by atoms with Crippen molar-refractivity contribution in [3.8, 4) is 5.75 Å².